The van der Waals surface area contributed by atoms with Crippen molar-refractivity contribution in [2.75, 3.05) is 25.4 Å². The van der Waals surface area contributed by atoms with Crippen LogP contribution in [0.4, 0.5) is 14.5 Å². The smallest absolute Gasteiger partial charge is 0.247 e. The Morgan fingerprint density at radius 1 is 1.25 bits per heavy atom. The summed E-state index contributed by atoms with van der Waals surface area (Å²) in [6, 6.07) is 9.12. The molecule has 10 heteroatoms. The molecule has 1 saturated heterocycles. The molecule has 8 nitrogen and oxygen atoms in total. The van der Waals surface area contributed by atoms with Crippen molar-refractivity contribution < 1.29 is 13.2 Å². The molecule has 0 aliphatic carbocycles. The van der Waals surface area contributed by atoms with E-state index < -0.39 is 11.6 Å². The Labute approximate surface area is 208 Å². The number of benzene rings is 2. The first-order chi connectivity index (χ1) is 17.4. The number of nitrogen functional groups attached to an aromatic ring is 1. The number of allylic oxidation sites excluding steroid dienone is 1. The number of hydrogen-bond donors (Lipinski definition) is 3. The highest BCUT2D eigenvalue weighted by Crippen LogP contribution is 2.31. The van der Waals surface area contributed by atoms with Crippen LogP contribution < -0.4 is 11.5 Å². The summed E-state index contributed by atoms with van der Waals surface area (Å²) in [7, 11) is 0. The highest BCUT2D eigenvalue weighted by atomic mass is 19.1. The number of piperidine rings is 1. The monoisotopic (exact) mass is 493 g/mol. The molecule has 0 radical (unpaired) electrons. The number of nitrogens with zero attached hydrogens (tertiary/aromatic N) is 4. The Kier molecular flexibility index (Phi) is 7.84. The van der Waals surface area contributed by atoms with Crippen LogP contribution in [0.2, 0.25) is 0 Å². The largest absolute Gasteiger partial charge is 0.420 e. The zero-order valence-corrected chi connectivity index (χ0v) is 20.0. The van der Waals surface area contributed by atoms with E-state index in [4.69, 9.17) is 21.3 Å². The van der Waals surface area contributed by atoms with E-state index in [9.17, 15) is 8.78 Å². The number of hydrogen-bond acceptors (Lipinski definition) is 8. The van der Waals surface area contributed by atoms with Crippen molar-refractivity contribution in [3.8, 4) is 11.5 Å². The third-order valence-corrected chi connectivity index (χ3v) is 6.21. The van der Waals surface area contributed by atoms with Gasteiger partial charge in [0.2, 0.25) is 11.8 Å². The quantitative estimate of drug-likeness (QED) is 0.315. The Balaban J connectivity index is 1.54. The first-order valence-corrected chi connectivity index (χ1v) is 11.8. The molecule has 1 aliphatic rings. The number of likely N-dealkylation sites (tertiary alicyclic amines) is 1. The Hall–Kier alpha value is -3.92. The van der Waals surface area contributed by atoms with E-state index in [1.54, 1.807) is 24.4 Å². The van der Waals surface area contributed by atoms with E-state index in [0.29, 0.717) is 53.0 Å². The van der Waals surface area contributed by atoms with Crippen LogP contribution in [0, 0.1) is 17.0 Å². The minimum Gasteiger partial charge on any atom is -0.420 e. The van der Waals surface area contributed by atoms with Crippen molar-refractivity contribution in [3.05, 3.63) is 70.6 Å². The molecule has 188 valence electrons. The maximum absolute atomic E-state index is 14.1. The Bertz CT molecular complexity index is 1280. The van der Waals surface area contributed by atoms with Crippen molar-refractivity contribution >= 4 is 23.8 Å². The normalized spacial score (nSPS) is 17.4. The van der Waals surface area contributed by atoms with Gasteiger partial charge in [-0.25, -0.2) is 8.78 Å². The summed E-state index contributed by atoms with van der Waals surface area (Å²) in [4.78, 5) is 6.16. The predicted octanol–water partition coefficient (Wildman–Crippen LogP) is 4.39. The molecule has 0 bridgehead atoms. The molecule has 36 heavy (non-hydrogen) atoms. The molecule has 2 aromatic carbocycles. The lowest BCUT2D eigenvalue weighted by Crippen LogP contribution is -2.34. The van der Waals surface area contributed by atoms with E-state index in [1.165, 1.54) is 18.2 Å². The average Bonchev–Trinajstić information content (AvgIpc) is 3.38. The van der Waals surface area contributed by atoms with Crippen LogP contribution in [-0.4, -0.2) is 47.2 Å². The highest BCUT2D eigenvalue weighted by molar-refractivity contribution is 6.11. The molecule has 0 amide bonds. The summed E-state index contributed by atoms with van der Waals surface area (Å²) in [5.41, 5.74) is 14.9. The van der Waals surface area contributed by atoms with Gasteiger partial charge in [-0.15, -0.1) is 10.2 Å². The van der Waals surface area contributed by atoms with Crippen molar-refractivity contribution in [1.29, 1.82) is 5.41 Å². The second-order valence-electron chi connectivity index (χ2n) is 8.66. The van der Waals surface area contributed by atoms with E-state index >= 15 is 0 Å². The number of aliphatic imine (C=N–C) groups is 1. The third kappa shape index (κ3) is 5.49. The fourth-order valence-electron chi connectivity index (χ4n) is 4.28. The van der Waals surface area contributed by atoms with Crippen molar-refractivity contribution in [2.45, 2.75) is 32.2 Å². The molecule has 4 rings (SSSR count). The van der Waals surface area contributed by atoms with Gasteiger partial charge in [0, 0.05) is 60.0 Å². The molecular weight excluding hydrogens is 464 g/mol. The first kappa shape index (κ1) is 25.2. The van der Waals surface area contributed by atoms with Gasteiger partial charge >= 0.3 is 0 Å². The van der Waals surface area contributed by atoms with Crippen LogP contribution in [0.3, 0.4) is 0 Å². The van der Waals surface area contributed by atoms with Crippen LogP contribution in [0.1, 0.15) is 42.7 Å². The van der Waals surface area contributed by atoms with Gasteiger partial charge in [0.05, 0.1) is 11.6 Å². The molecule has 5 N–H and O–H groups in total. The molecule has 1 aliphatic heterocycles. The van der Waals surface area contributed by atoms with Crippen molar-refractivity contribution in [1.82, 2.24) is 15.1 Å². The van der Waals surface area contributed by atoms with Crippen LogP contribution >= 0.6 is 0 Å². The topological polar surface area (TPSA) is 130 Å². The van der Waals surface area contributed by atoms with Gasteiger partial charge in [-0.2, -0.15) is 0 Å². The summed E-state index contributed by atoms with van der Waals surface area (Å²) in [6.45, 7) is 3.92. The molecule has 3 aromatic rings. The Morgan fingerprint density at radius 2 is 2.03 bits per heavy atom. The summed E-state index contributed by atoms with van der Waals surface area (Å²) in [5, 5.41) is 16.1. The number of halogens is 2. The highest BCUT2D eigenvalue weighted by Gasteiger charge is 2.27. The standard InChI is InChI=1S/C26H29F2N7O/c1-2-32-13-18(12-29)24(31)19-11-16(8-9-23(19)30)25-33-34-26(36-25)17-5-4-10-35(14-17)15-20-21(27)6-3-7-22(20)28/h3,6-9,11-13,17,29H,2,4-5,10,14-15,30-31H2,1H3. The minimum atomic E-state index is -0.545. The van der Waals surface area contributed by atoms with Crippen LogP contribution in [0.15, 0.2) is 51.4 Å². The second-order valence-corrected chi connectivity index (χ2v) is 8.66. The fourth-order valence-corrected chi connectivity index (χ4v) is 4.28. The fraction of sp³-hybridized carbons (Fsp3) is 0.308. The third-order valence-electron chi connectivity index (χ3n) is 6.21. The van der Waals surface area contributed by atoms with E-state index in [2.05, 4.69) is 15.2 Å². The lowest BCUT2D eigenvalue weighted by atomic mass is 9.97. The number of nitrogens with one attached hydrogen (secondary N) is 1. The van der Waals surface area contributed by atoms with Gasteiger partial charge < -0.3 is 21.3 Å². The van der Waals surface area contributed by atoms with Crippen LogP contribution in [-0.2, 0) is 6.54 Å². The van der Waals surface area contributed by atoms with Gasteiger partial charge in [-0.1, -0.05) is 6.07 Å². The number of aromatic nitrogens is 2. The number of nitrogens with two attached hydrogens (primary N) is 2. The van der Waals surface area contributed by atoms with Crippen LogP contribution in [0.5, 0.6) is 0 Å². The molecule has 2 heterocycles. The Morgan fingerprint density at radius 3 is 2.75 bits per heavy atom. The molecule has 1 aromatic heterocycles. The van der Waals surface area contributed by atoms with Crippen LogP contribution in [0.25, 0.3) is 17.2 Å². The zero-order valence-electron chi connectivity index (χ0n) is 20.0. The van der Waals surface area contributed by atoms with Gasteiger partial charge in [0.15, 0.2) is 0 Å². The lowest BCUT2D eigenvalue weighted by molar-refractivity contribution is 0.182. The van der Waals surface area contributed by atoms with E-state index in [-0.39, 0.29) is 18.0 Å². The lowest BCUT2D eigenvalue weighted by Gasteiger charge is -2.31. The molecule has 0 spiro atoms. The molecule has 1 atom stereocenters. The summed E-state index contributed by atoms with van der Waals surface area (Å²) < 4.78 is 34.3. The second kappa shape index (κ2) is 11.2. The first-order valence-electron chi connectivity index (χ1n) is 11.8. The van der Waals surface area contributed by atoms with Gasteiger partial charge in [0.1, 0.15) is 11.6 Å². The van der Waals surface area contributed by atoms with Gasteiger partial charge in [-0.05, 0) is 56.6 Å². The molecular formula is C26H29F2N7O. The van der Waals surface area contributed by atoms with E-state index in [1.807, 2.05) is 11.8 Å². The van der Waals surface area contributed by atoms with Crippen molar-refractivity contribution in [3.63, 3.8) is 0 Å². The maximum atomic E-state index is 14.1. The number of anilines is 1. The predicted molar refractivity (Wildman–Crippen MR) is 137 cm³/mol. The molecule has 1 unspecified atom stereocenters. The summed E-state index contributed by atoms with van der Waals surface area (Å²) >= 11 is 0. The minimum absolute atomic E-state index is 0.0529. The van der Waals surface area contributed by atoms with Crippen molar-refractivity contribution in [2.24, 2.45) is 10.7 Å². The molecule has 0 saturated carbocycles. The summed E-state index contributed by atoms with van der Waals surface area (Å²) in [6.07, 6.45) is 4.35. The zero-order chi connectivity index (χ0) is 25.7. The van der Waals surface area contributed by atoms with E-state index in [0.717, 1.165) is 25.6 Å². The van der Waals surface area contributed by atoms with Gasteiger partial charge in [-0.3, -0.25) is 9.89 Å². The summed E-state index contributed by atoms with van der Waals surface area (Å²) in [5.74, 6) is -0.354. The van der Waals surface area contributed by atoms with Gasteiger partial charge in [0.25, 0.3) is 0 Å². The maximum Gasteiger partial charge on any atom is 0.247 e. The number of rotatable bonds is 8. The average molecular weight is 494 g/mol. The molecule has 1 fully saturated rings. The SMILES string of the molecule is CCN=CC(C=N)=C(N)c1cc(-c2nnc(C3CCCN(Cc4c(F)cccc4F)C3)o2)ccc1N.